The van der Waals surface area contributed by atoms with Crippen LogP contribution in [0.3, 0.4) is 0 Å². The maximum absolute atomic E-state index is 6.46. The van der Waals surface area contributed by atoms with Crippen molar-refractivity contribution >= 4 is 25.4 Å². The SMILES string of the molecule is C=CC[Si](C)(C)O[Si](C)(C)CC[Si](OC)(OC)OC. The number of hydrogen-bond acceptors (Lipinski definition) is 4. The highest BCUT2D eigenvalue weighted by Crippen LogP contribution is 2.26. The van der Waals surface area contributed by atoms with Crippen LogP contribution in [0.25, 0.3) is 0 Å². The predicted molar refractivity (Wildman–Crippen MR) is 87.4 cm³/mol. The highest BCUT2D eigenvalue weighted by molar-refractivity contribution is 6.85. The van der Waals surface area contributed by atoms with Crippen molar-refractivity contribution in [2.24, 2.45) is 0 Å². The molecule has 0 saturated carbocycles. The molecular weight excluding hydrogens is 292 g/mol. The maximum Gasteiger partial charge on any atom is 0.499 e. The van der Waals surface area contributed by atoms with E-state index in [1.807, 2.05) is 6.08 Å². The Morgan fingerprint density at radius 1 is 0.842 bits per heavy atom. The first-order valence-electron chi connectivity index (χ1n) is 6.62. The van der Waals surface area contributed by atoms with Crippen molar-refractivity contribution in [1.82, 2.24) is 0 Å². The highest BCUT2D eigenvalue weighted by Gasteiger charge is 2.41. The van der Waals surface area contributed by atoms with Gasteiger partial charge in [-0.1, -0.05) is 6.08 Å². The molecule has 0 heterocycles. The van der Waals surface area contributed by atoms with E-state index in [1.165, 1.54) is 0 Å². The molecule has 0 N–H and O–H groups in total. The standard InChI is InChI=1S/C12H30O4Si3/c1-9-10-17(5,6)16-18(7,8)11-12-19(13-2,14-3)15-4/h9H,1,10-12H2,2-8H3. The van der Waals surface area contributed by atoms with Crippen molar-refractivity contribution in [3.8, 4) is 0 Å². The first-order chi connectivity index (χ1) is 8.66. The van der Waals surface area contributed by atoms with Crippen LogP contribution in [0.5, 0.6) is 0 Å². The largest absolute Gasteiger partial charge is 0.499 e. The van der Waals surface area contributed by atoms with Crippen molar-refractivity contribution in [3.05, 3.63) is 12.7 Å². The Kier molecular flexibility index (Phi) is 7.96. The topological polar surface area (TPSA) is 36.9 Å². The second-order valence-electron chi connectivity index (χ2n) is 5.91. The number of rotatable bonds is 10. The normalized spacial score (nSPS) is 13.6. The maximum atomic E-state index is 6.46. The second-order valence-corrected chi connectivity index (χ2v) is 17.8. The first kappa shape index (κ1) is 19.2. The van der Waals surface area contributed by atoms with Crippen LogP contribution in [0.2, 0.25) is 44.3 Å². The van der Waals surface area contributed by atoms with Gasteiger partial charge in [0.2, 0.25) is 0 Å². The molecule has 0 aliphatic rings. The van der Waals surface area contributed by atoms with Crippen LogP contribution in [0, 0.1) is 0 Å². The smallest absolute Gasteiger partial charge is 0.455 e. The highest BCUT2D eigenvalue weighted by atomic mass is 28.4. The molecule has 7 heteroatoms. The summed E-state index contributed by atoms with van der Waals surface area (Å²) >= 11 is 0. The van der Waals surface area contributed by atoms with Gasteiger partial charge in [-0.3, -0.25) is 0 Å². The summed E-state index contributed by atoms with van der Waals surface area (Å²) in [4.78, 5) is 0. The van der Waals surface area contributed by atoms with Crippen molar-refractivity contribution in [3.63, 3.8) is 0 Å². The van der Waals surface area contributed by atoms with Crippen LogP contribution >= 0.6 is 0 Å². The third kappa shape index (κ3) is 6.98. The predicted octanol–water partition coefficient (Wildman–Crippen LogP) is 3.48. The Morgan fingerprint density at radius 2 is 1.32 bits per heavy atom. The molecule has 0 aromatic rings. The summed E-state index contributed by atoms with van der Waals surface area (Å²) < 4.78 is 22.9. The van der Waals surface area contributed by atoms with Gasteiger partial charge in [-0.05, 0) is 38.3 Å². The van der Waals surface area contributed by atoms with Gasteiger partial charge in [0.15, 0.2) is 16.6 Å². The number of hydrogen-bond donors (Lipinski definition) is 0. The Morgan fingerprint density at radius 3 is 1.68 bits per heavy atom. The molecule has 4 nitrogen and oxygen atoms in total. The minimum Gasteiger partial charge on any atom is -0.455 e. The third-order valence-corrected chi connectivity index (χ3v) is 13.5. The van der Waals surface area contributed by atoms with Crippen LogP contribution in [0.15, 0.2) is 12.7 Å². The molecule has 0 saturated heterocycles. The van der Waals surface area contributed by atoms with E-state index in [9.17, 15) is 0 Å². The monoisotopic (exact) mass is 322 g/mol. The fraction of sp³-hybridized carbons (Fsp3) is 0.833. The summed E-state index contributed by atoms with van der Waals surface area (Å²) in [7, 11) is -0.853. The molecule has 114 valence electrons. The molecule has 0 aliphatic heterocycles. The van der Waals surface area contributed by atoms with E-state index in [0.29, 0.717) is 0 Å². The first-order valence-corrected chi connectivity index (χ1v) is 14.8. The summed E-state index contributed by atoms with van der Waals surface area (Å²) in [6.45, 7) is 12.8. The van der Waals surface area contributed by atoms with Crippen LogP contribution in [-0.2, 0) is 17.4 Å². The number of allylic oxidation sites excluding steroid dienone is 1. The van der Waals surface area contributed by atoms with E-state index in [1.54, 1.807) is 21.3 Å². The molecule has 0 fully saturated rings. The molecule has 0 aliphatic carbocycles. The molecule has 19 heavy (non-hydrogen) atoms. The van der Waals surface area contributed by atoms with Crippen LogP contribution in [-0.4, -0.2) is 46.8 Å². The average molecular weight is 323 g/mol. The fourth-order valence-electron chi connectivity index (χ4n) is 2.20. The minimum atomic E-state index is -2.47. The lowest BCUT2D eigenvalue weighted by atomic mass is 10.8. The summed E-state index contributed by atoms with van der Waals surface area (Å²) in [5, 5.41) is 0. The van der Waals surface area contributed by atoms with Gasteiger partial charge in [-0.25, -0.2) is 0 Å². The summed E-state index contributed by atoms with van der Waals surface area (Å²) in [6, 6.07) is 2.79. The molecule has 0 bridgehead atoms. The minimum absolute atomic E-state index is 0.814. The van der Waals surface area contributed by atoms with Gasteiger partial charge >= 0.3 is 8.80 Å². The fourth-order valence-corrected chi connectivity index (χ4v) is 14.4. The lowest BCUT2D eigenvalue weighted by Crippen LogP contribution is -2.48. The van der Waals surface area contributed by atoms with Gasteiger partial charge in [-0.2, -0.15) is 0 Å². The van der Waals surface area contributed by atoms with Gasteiger partial charge in [0.25, 0.3) is 0 Å². The quantitative estimate of drug-likeness (QED) is 0.456. The molecule has 0 rings (SSSR count). The molecule has 0 unspecified atom stereocenters. The van der Waals surface area contributed by atoms with E-state index in [4.69, 9.17) is 17.4 Å². The molecule has 0 aromatic carbocycles. The molecule has 0 radical (unpaired) electrons. The molecule has 0 amide bonds. The van der Waals surface area contributed by atoms with Crippen LogP contribution < -0.4 is 0 Å². The third-order valence-electron chi connectivity index (χ3n) is 3.15. The zero-order valence-electron chi connectivity index (χ0n) is 13.5. The zero-order chi connectivity index (χ0) is 15.2. The summed E-state index contributed by atoms with van der Waals surface area (Å²) in [5.41, 5.74) is 0. The molecule has 0 atom stereocenters. The second kappa shape index (κ2) is 7.87. The van der Waals surface area contributed by atoms with Gasteiger partial charge in [0, 0.05) is 27.4 Å². The van der Waals surface area contributed by atoms with Crippen molar-refractivity contribution in [2.75, 3.05) is 21.3 Å². The van der Waals surface area contributed by atoms with E-state index in [-0.39, 0.29) is 0 Å². The summed E-state index contributed by atoms with van der Waals surface area (Å²) in [6.07, 6.45) is 1.97. The Hall–Kier alpha value is 0.231. The Labute approximate surface area is 121 Å². The van der Waals surface area contributed by atoms with Crippen molar-refractivity contribution in [2.45, 2.75) is 44.3 Å². The lowest BCUT2D eigenvalue weighted by molar-refractivity contribution is 0.125. The van der Waals surface area contributed by atoms with E-state index >= 15 is 0 Å². The van der Waals surface area contributed by atoms with Gasteiger partial charge in [0.05, 0.1) is 0 Å². The molecule has 0 spiro atoms. The van der Waals surface area contributed by atoms with Crippen LogP contribution in [0.4, 0.5) is 0 Å². The van der Waals surface area contributed by atoms with E-state index in [2.05, 4.69) is 32.8 Å². The van der Waals surface area contributed by atoms with Gasteiger partial charge in [0.1, 0.15) is 0 Å². The van der Waals surface area contributed by atoms with Gasteiger partial charge < -0.3 is 17.4 Å². The Balaban J connectivity index is 4.56. The van der Waals surface area contributed by atoms with E-state index in [0.717, 1.165) is 18.1 Å². The van der Waals surface area contributed by atoms with Crippen LogP contribution in [0.1, 0.15) is 0 Å². The average Bonchev–Trinajstić information content (AvgIpc) is 2.30. The Bertz CT molecular complexity index is 270. The van der Waals surface area contributed by atoms with Crippen molar-refractivity contribution in [1.29, 1.82) is 0 Å². The molecule has 0 aromatic heterocycles. The lowest BCUT2D eigenvalue weighted by Gasteiger charge is -2.35. The van der Waals surface area contributed by atoms with E-state index < -0.39 is 25.4 Å². The van der Waals surface area contributed by atoms with Gasteiger partial charge in [-0.15, -0.1) is 6.58 Å². The zero-order valence-corrected chi connectivity index (χ0v) is 16.5. The summed E-state index contributed by atoms with van der Waals surface area (Å²) in [5.74, 6) is 0. The van der Waals surface area contributed by atoms with Crippen molar-refractivity contribution < 1.29 is 17.4 Å². The molecular formula is C12H30O4Si3.